The minimum atomic E-state index is -0.773. The number of hydrogen-bond acceptors (Lipinski definition) is 3. The number of nitrogens with two attached hydrogens (primary N) is 1. The zero-order valence-electron chi connectivity index (χ0n) is 15.8. The third-order valence-corrected chi connectivity index (χ3v) is 5.35. The number of halogens is 1. The quantitative estimate of drug-likeness (QED) is 0.809. The highest BCUT2D eigenvalue weighted by Crippen LogP contribution is 2.30. The van der Waals surface area contributed by atoms with Crippen molar-refractivity contribution in [1.82, 2.24) is 4.90 Å². The standard InChI is InChI=1S/C22H27FN2O2/c1-27-20-7-3-2-6-18(20)16-25(21(26)22(24)13-4-5-14-22)15-12-17-8-10-19(23)11-9-17/h2-3,6-11H,4-5,12-16,24H2,1H3. The van der Waals surface area contributed by atoms with E-state index in [2.05, 4.69) is 0 Å². The molecule has 2 aromatic rings. The molecule has 0 unspecified atom stereocenters. The molecule has 0 aliphatic heterocycles. The summed E-state index contributed by atoms with van der Waals surface area (Å²) >= 11 is 0. The Bertz CT molecular complexity index is 770. The molecule has 0 atom stereocenters. The van der Waals surface area contributed by atoms with Crippen LogP contribution in [0.2, 0.25) is 0 Å². The van der Waals surface area contributed by atoms with Crippen LogP contribution in [0, 0.1) is 5.82 Å². The molecule has 1 amide bonds. The van der Waals surface area contributed by atoms with Crippen LogP contribution in [0.3, 0.4) is 0 Å². The van der Waals surface area contributed by atoms with E-state index in [0.717, 1.165) is 42.6 Å². The summed E-state index contributed by atoms with van der Waals surface area (Å²) in [5.74, 6) is 0.496. The summed E-state index contributed by atoms with van der Waals surface area (Å²) in [6, 6.07) is 14.1. The Morgan fingerprint density at radius 3 is 2.48 bits per heavy atom. The summed E-state index contributed by atoms with van der Waals surface area (Å²) < 4.78 is 18.6. The van der Waals surface area contributed by atoms with Crippen LogP contribution in [0.15, 0.2) is 48.5 Å². The number of methoxy groups -OCH3 is 1. The smallest absolute Gasteiger partial charge is 0.242 e. The summed E-state index contributed by atoms with van der Waals surface area (Å²) in [4.78, 5) is 15.1. The number of nitrogens with zero attached hydrogens (tertiary/aromatic N) is 1. The van der Waals surface area contributed by atoms with Gasteiger partial charge in [0.1, 0.15) is 11.6 Å². The highest BCUT2D eigenvalue weighted by atomic mass is 19.1. The number of carbonyl (C=O) groups excluding carboxylic acids is 1. The van der Waals surface area contributed by atoms with Crippen molar-refractivity contribution in [3.8, 4) is 5.75 Å². The molecule has 4 nitrogen and oxygen atoms in total. The Balaban J connectivity index is 1.79. The fraction of sp³-hybridized carbons (Fsp3) is 0.409. The number of carbonyl (C=O) groups is 1. The number of rotatable bonds is 7. The van der Waals surface area contributed by atoms with Crippen LogP contribution in [0.5, 0.6) is 5.75 Å². The fourth-order valence-electron chi connectivity index (χ4n) is 3.74. The molecule has 0 spiro atoms. The number of ether oxygens (including phenoxy) is 1. The third-order valence-electron chi connectivity index (χ3n) is 5.35. The lowest BCUT2D eigenvalue weighted by molar-refractivity contribution is -0.137. The van der Waals surface area contributed by atoms with Crippen LogP contribution in [0.1, 0.15) is 36.8 Å². The van der Waals surface area contributed by atoms with Gasteiger partial charge in [-0.05, 0) is 43.0 Å². The van der Waals surface area contributed by atoms with Gasteiger partial charge in [-0.2, -0.15) is 0 Å². The van der Waals surface area contributed by atoms with Crippen LogP contribution < -0.4 is 10.5 Å². The number of para-hydroxylation sites is 1. The lowest BCUT2D eigenvalue weighted by Gasteiger charge is -2.32. The van der Waals surface area contributed by atoms with E-state index in [-0.39, 0.29) is 11.7 Å². The minimum Gasteiger partial charge on any atom is -0.496 e. The minimum absolute atomic E-state index is 0.00646. The van der Waals surface area contributed by atoms with Gasteiger partial charge in [0, 0.05) is 18.7 Å². The predicted octanol–water partition coefficient (Wildman–Crippen LogP) is 3.68. The highest BCUT2D eigenvalue weighted by Gasteiger charge is 2.39. The van der Waals surface area contributed by atoms with Gasteiger partial charge >= 0.3 is 0 Å². The maximum atomic E-state index is 13.2. The van der Waals surface area contributed by atoms with Gasteiger partial charge in [0.05, 0.1) is 12.6 Å². The maximum absolute atomic E-state index is 13.2. The van der Waals surface area contributed by atoms with E-state index < -0.39 is 5.54 Å². The van der Waals surface area contributed by atoms with Crippen molar-refractivity contribution in [2.75, 3.05) is 13.7 Å². The summed E-state index contributed by atoms with van der Waals surface area (Å²) in [6.07, 6.45) is 4.08. The number of amides is 1. The second-order valence-corrected chi connectivity index (χ2v) is 7.28. The normalized spacial score (nSPS) is 15.5. The molecule has 1 aliphatic carbocycles. The third kappa shape index (κ3) is 4.66. The molecule has 1 saturated carbocycles. The Kier molecular flexibility index (Phi) is 6.11. The second kappa shape index (κ2) is 8.53. The van der Waals surface area contributed by atoms with Crippen molar-refractivity contribution >= 4 is 5.91 Å². The zero-order valence-corrected chi connectivity index (χ0v) is 15.8. The van der Waals surface area contributed by atoms with E-state index in [1.807, 2.05) is 29.2 Å². The molecule has 0 bridgehead atoms. The van der Waals surface area contributed by atoms with E-state index in [1.165, 1.54) is 12.1 Å². The topological polar surface area (TPSA) is 55.6 Å². The molecule has 27 heavy (non-hydrogen) atoms. The van der Waals surface area contributed by atoms with E-state index in [9.17, 15) is 9.18 Å². The first-order valence-electron chi connectivity index (χ1n) is 9.46. The SMILES string of the molecule is COc1ccccc1CN(CCc1ccc(F)cc1)C(=O)C1(N)CCCC1. The molecule has 2 N–H and O–H groups in total. The molecule has 0 radical (unpaired) electrons. The van der Waals surface area contributed by atoms with Crippen LogP contribution in [0.4, 0.5) is 4.39 Å². The summed E-state index contributed by atoms with van der Waals surface area (Å²) in [6.45, 7) is 0.977. The zero-order chi connectivity index (χ0) is 19.3. The molecule has 0 heterocycles. The molecule has 0 aromatic heterocycles. The van der Waals surface area contributed by atoms with E-state index in [4.69, 9.17) is 10.5 Å². The highest BCUT2D eigenvalue weighted by molar-refractivity contribution is 5.86. The van der Waals surface area contributed by atoms with Crippen molar-refractivity contribution in [1.29, 1.82) is 0 Å². The molecule has 5 heteroatoms. The fourth-order valence-corrected chi connectivity index (χ4v) is 3.74. The van der Waals surface area contributed by atoms with Crippen molar-refractivity contribution in [3.63, 3.8) is 0 Å². The molecule has 2 aromatic carbocycles. The number of benzene rings is 2. The van der Waals surface area contributed by atoms with Crippen LogP contribution in [-0.4, -0.2) is 30.0 Å². The monoisotopic (exact) mass is 370 g/mol. The van der Waals surface area contributed by atoms with Gasteiger partial charge in [-0.1, -0.05) is 43.2 Å². The average Bonchev–Trinajstić information content (AvgIpc) is 3.14. The van der Waals surface area contributed by atoms with Crippen molar-refractivity contribution < 1.29 is 13.9 Å². The molecule has 1 aliphatic rings. The average molecular weight is 370 g/mol. The van der Waals surface area contributed by atoms with E-state index in [1.54, 1.807) is 19.2 Å². The number of hydrogen-bond donors (Lipinski definition) is 1. The van der Waals surface area contributed by atoms with Gasteiger partial charge in [0.2, 0.25) is 5.91 Å². The summed E-state index contributed by atoms with van der Waals surface area (Å²) in [7, 11) is 1.63. The van der Waals surface area contributed by atoms with Gasteiger partial charge in [-0.25, -0.2) is 4.39 Å². The van der Waals surface area contributed by atoms with Gasteiger partial charge in [-0.3, -0.25) is 4.79 Å². The van der Waals surface area contributed by atoms with Crippen LogP contribution in [0.25, 0.3) is 0 Å². The van der Waals surface area contributed by atoms with Gasteiger partial charge < -0.3 is 15.4 Å². The van der Waals surface area contributed by atoms with Crippen molar-refractivity contribution in [2.45, 2.75) is 44.2 Å². The largest absolute Gasteiger partial charge is 0.496 e. The predicted molar refractivity (Wildman–Crippen MR) is 104 cm³/mol. The Hall–Kier alpha value is -2.40. The maximum Gasteiger partial charge on any atom is 0.242 e. The second-order valence-electron chi connectivity index (χ2n) is 7.28. The molecule has 3 rings (SSSR count). The molecule has 1 fully saturated rings. The Labute approximate surface area is 160 Å². The van der Waals surface area contributed by atoms with Crippen LogP contribution >= 0.6 is 0 Å². The lowest BCUT2D eigenvalue weighted by atomic mass is 9.96. The van der Waals surface area contributed by atoms with Gasteiger partial charge in [-0.15, -0.1) is 0 Å². The molecular formula is C22H27FN2O2. The lowest BCUT2D eigenvalue weighted by Crippen LogP contribution is -2.53. The first-order valence-corrected chi connectivity index (χ1v) is 9.46. The molecular weight excluding hydrogens is 343 g/mol. The first kappa shape index (κ1) is 19.4. The van der Waals surface area contributed by atoms with Crippen molar-refractivity contribution in [2.24, 2.45) is 5.73 Å². The van der Waals surface area contributed by atoms with Gasteiger partial charge in [0.15, 0.2) is 0 Å². The first-order chi connectivity index (χ1) is 13.0. The molecule has 144 valence electrons. The van der Waals surface area contributed by atoms with Crippen LogP contribution in [-0.2, 0) is 17.8 Å². The summed E-state index contributed by atoms with van der Waals surface area (Å²) in [5.41, 5.74) is 7.62. The summed E-state index contributed by atoms with van der Waals surface area (Å²) in [5, 5.41) is 0. The van der Waals surface area contributed by atoms with E-state index in [0.29, 0.717) is 19.5 Å². The Morgan fingerprint density at radius 2 is 1.81 bits per heavy atom. The van der Waals surface area contributed by atoms with E-state index >= 15 is 0 Å². The van der Waals surface area contributed by atoms with Crippen molar-refractivity contribution in [3.05, 3.63) is 65.5 Å². The Morgan fingerprint density at radius 1 is 1.15 bits per heavy atom. The molecule has 0 saturated heterocycles. The van der Waals surface area contributed by atoms with Gasteiger partial charge in [0.25, 0.3) is 0 Å².